The maximum absolute atomic E-state index is 12.4. The first-order chi connectivity index (χ1) is 14.0. The van der Waals surface area contributed by atoms with Crippen molar-refractivity contribution in [3.05, 3.63) is 59.1 Å². The van der Waals surface area contributed by atoms with Crippen molar-refractivity contribution in [2.75, 3.05) is 18.8 Å². The third-order valence-electron chi connectivity index (χ3n) is 4.51. The van der Waals surface area contributed by atoms with Crippen LogP contribution >= 0.6 is 23.4 Å². The van der Waals surface area contributed by atoms with E-state index in [9.17, 15) is 9.59 Å². The van der Waals surface area contributed by atoms with Gasteiger partial charge in [0.1, 0.15) is 0 Å². The highest BCUT2D eigenvalue weighted by molar-refractivity contribution is 7.99. The van der Waals surface area contributed by atoms with Crippen LogP contribution < -0.4 is 5.32 Å². The minimum atomic E-state index is -0.352. The van der Waals surface area contributed by atoms with Crippen LogP contribution in [0, 0.1) is 6.92 Å². The predicted octanol–water partition coefficient (Wildman–Crippen LogP) is 3.54. The van der Waals surface area contributed by atoms with E-state index in [1.54, 1.807) is 12.1 Å². The van der Waals surface area contributed by atoms with Gasteiger partial charge < -0.3 is 5.32 Å². The number of urea groups is 1. The summed E-state index contributed by atoms with van der Waals surface area (Å²) < 4.78 is 1.89. The van der Waals surface area contributed by atoms with Crippen molar-refractivity contribution >= 4 is 35.3 Å². The SMILES string of the molecule is Cc1ccc(-c2nnc(SCC(=O)N3CCNC3=O)n2-c2ccc(Cl)cc2)cc1. The molecule has 0 unspecified atom stereocenters. The summed E-state index contributed by atoms with van der Waals surface area (Å²) in [4.78, 5) is 25.3. The number of benzene rings is 2. The Morgan fingerprint density at radius 2 is 1.86 bits per heavy atom. The molecule has 0 spiro atoms. The Kier molecular flexibility index (Phi) is 5.55. The lowest BCUT2D eigenvalue weighted by molar-refractivity contribution is -0.124. The van der Waals surface area contributed by atoms with E-state index >= 15 is 0 Å². The van der Waals surface area contributed by atoms with Crippen LogP contribution in [-0.4, -0.2) is 50.4 Å². The molecule has 0 aliphatic carbocycles. The Morgan fingerprint density at radius 1 is 1.14 bits per heavy atom. The van der Waals surface area contributed by atoms with Crippen molar-refractivity contribution in [2.45, 2.75) is 12.1 Å². The number of thioether (sulfide) groups is 1. The second-order valence-corrected chi connectivity index (χ2v) is 7.93. The van der Waals surface area contributed by atoms with Gasteiger partial charge in [0.25, 0.3) is 0 Å². The van der Waals surface area contributed by atoms with Crippen LogP contribution in [0.15, 0.2) is 53.7 Å². The van der Waals surface area contributed by atoms with E-state index in [1.807, 2.05) is 47.9 Å². The summed E-state index contributed by atoms with van der Waals surface area (Å²) in [6.45, 7) is 2.89. The Balaban J connectivity index is 1.66. The van der Waals surface area contributed by atoms with Crippen molar-refractivity contribution in [3.63, 3.8) is 0 Å². The molecule has 1 saturated heterocycles. The number of carbonyl (C=O) groups excluding carboxylic acids is 2. The largest absolute Gasteiger partial charge is 0.336 e. The zero-order chi connectivity index (χ0) is 20.4. The maximum atomic E-state index is 12.4. The van der Waals surface area contributed by atoms with Crippen molar-refractivity contribution in [1.82, 2.24) is 25.0 Å². The first-order valence-corrected chi connectivity index (χ1v) is 10.4. The second-order valence-electron chi connectivity index (χ2n) is 6.55. The molecule has 4 rings (SSSR count). The first kappa shape index (κ1) is 19.5. The number of nitrogens with one attached hydrogen (secondary N) is 1. The highest BCUT2D eigenvalue weighted by atomic mass is 35.5. The van der Waals surface area contributed by atoms with Crippen LogP contribution in [0.25, 0.3) is 17.1 Å². The van der Waals surface area contributed by atoms with E-state index in [2.05, 4.69) is 15.5 Å². The van der Waals surface area contributed by atoms with Gasteiger partial charge in [-0.3, -0.25) is 14.3 Å². The van der Waals surface area contributed by atoms with E-state index in [0.717, 1.165) is 16.8 Å². The number of nitrogens with zero attached hydrogens (tertiary/aromatic N) is 4. The average Bonchev–Trinajstić information content (AvgIpc) is 3.34. The van der Waals surface area contributed by atoms with Gasteiger partial charge in [0, 0.05) is 29.4 Å². The van der Waals surface area contributed by atoms with E-state index in [-0.39, 0.29) is 17.7 Å². The molecule has 3 amide bonds. The molecule has 3 aromatic rings. The molecule has 9 heteroatoms. The fourth-order valence-corrected chi connectivity index (χ4v) is 3.94. The van der Waals surface area contributed by atoms with Crippen molar-refractivity contribution in [1.29, 1.82) is 0 Å². The van der Waals surface area contributed by atoms with E-state index < -0.39 is 0 Å². The number of aryl methyl sites for hydroxylation is 1. The standard InChI is InChI=1S/C20H18ClN5O2S/c1-13-2-4-14(5-3-13)18-23-24-20(26(18)16-8-6-15(21)7-9-16)29-12-17(27)25-11-10-22-19(25)28/h2-9H,10-12H2,1H3,(H,22,28). The number of imide groups is 1. The van der Waals surface area contributed by atoms with Gasteiger partial charge in [-0.05, 0) is 31.2 Å². The first-order valence-electron chi connectivity index (χ1n) is 9.02. The molecule has 2 aromatic carbocycles. The third kappa shape index (κ3) is 4.13. The molecule has 29 heavy (non-hydrogen) atoms. The monoisotopic (exact) mass is 427 g/mol. The molecule has 148 valence electrons. The van der Waals surface area contributed by atoms with Gasteiger partial charge in [-0.1, -0.05) is 53.2 Å². The summed E-state index contributed by atoms with van der Waals surface area (Å²) in [7, 11) is 0. The summed E-state index contributed by atoms with van der Waals surface area (Å²) in [5, 5.41) is 12.5. The maximum Gasteiger partial charge on any atom is 0.324 e. The lowest BCUT2D eigenvalue weighted by Gasteiger charge is -2.13. The van der Waals surface area contributed by atoms with Crippen LogP contribution in [0.4, 0.5) is 4.79 Å². The minimum Gasteiger partial charge on any atom is -0.336 e. The lowest BCUT2D eigenvalue weighted by Crippen LogP contribution is -2.35. The van der Waals surface area contributed by atoms with E-state index in [1.165, 1.54) is 16.7 Å². The smallest absolute Gasteiger partial charge is 0.324 e. The molecule has 1 fully saturated rings. The van der Waals surface area contributed by atoms with Gasteiger partial charge >= 0.3 is 6.03 Å². The summed E-state index contributed by atoms with van der Waals surface area (Å²) in [5.74, 6) is 0.501. The number of hydrogen-bond acceptors (Lipinski definition) is 5. The summed E-state index contributed by atoms with van der Waals surface area (Å²) in [5.41, 5.74) is 2.90. The van der Waals surface area contributed by atoms with Crippen LogP contribution in [0.2, 0.25) is 5.02 Å². The highest BCUT2D eigenvalue weighted by Crippen LogP contribution is 2.29. The zero-order valence-corrected chi connectivity index (χ0v) is 17.2. The number of aromatic nitrogens is 3. The van der Waals surface area contributed by atoms with Crippen LogP contribution in [0.5, 0.6) is 0 Å². The molecule has 0 atom stereocenters. The number of hydrogen-bond donors (Lipinski definition) is 1. The van der Waals surface area contributed by atoms with Crippen molar-refractivity contribution < 1.29 is 9.59 Å². The van der Waals surface area contributed by atoms with Gasteiger partial charge in [0.05, 0.1) is 5.75 Å². The van der Waals surface area contributed by atoms with E-state index in [4.69, 9.17) is 11.6 Å². The van der Waals surface area contributed by atoms with Gasteiger partial charge in [-0.2, -0.15) is 0 Å². The van der Waals surface area contributed by atoms with E-state index in [0.29, 0.717) is 29.1 Å². The number of amides is 3. The molecule has 0 saturated carbocycles. The third-order valence-corrected chi connectivity index (χ3v) is 5.68. The van der Waals surface area contributed by atoms with Crippen molar-refractivity contribution in [2.24, 2.45) is 0 Å². The molecule has 2 heterocycles. The summed E-state index contributed by atoms with van der Waals surface area (Å²) >= 11 is 7.29. The van der Waals surface area contributed by atoms with Gasteiger partial charge in [-0.15, -0.1) is 10.2 Å². The number of halogens is 1. The van der Waals surface area contributed by atoms with Gasteiger partial charge in [0.15, 0.2) is 11.0 Å². The van der Waals surface area contributed by atoms with Crippen molar-refractivity contribution in [3.8, 4) is 17.1 Å². The average molecular weight is 428 g/mol. The predicted molar refractivity (Wildman–Crippen MR) is 112 cm³/mol. The second kappa shape index (κ2) is 8.26. The van der Waals surface area contributed by atoms with Gasteiger partial charge in [0.2, 0.25) is 5.91 Å². The fourth-order valence-electron chi connectivity index (χ4n) is 2.99. The Morgan fingerprint density at radius 3 is 2.52 bits per heavy atom. The molecule has 0 radical (unpaired) electrons. The fraction of sp³-hybridized carbons (Fsp3) is 0.200. The van der Waals surface area contributed by atoms with Gasteiger partial charge in [-0.25, -0.2) is 4.79 Å². The molecule has 7 nitrogen and oxygen atoms in total. The molecular formula is C20H18ClN5O2S. The molecule has 0 bridgehead atoms. The Labute approximate surface area is 177 Å². The van der Waals surface area contributed by atoms with Crippen LogP contribution in [0.3, 0.4) is 0 Å². The quantitative estimate of drug-likeness (QED) is 0.630. The number of carbonyl (C=O) groups is 2. The normalized spacial score (nSPS) is 13.6. The Bertz CT molecular complexity index is 1050. The highest BCUT2D eigenvalue weighted by Gasteiger charge is 2.27. The molecule has 1 aliphatic rings. The molecule has 1 aromatic heterocycles. The minimum absolute atomic E-state index is 0.0903. The van der Waals surface area contributed by atoms with Crippen LogP contribution in [-0.2, 0) is 4.79 Å². The zero-order valence-electron chi connectivity index (χ0n) is 15.6. The molecule has 1 aliphatic heterocycles. The lowest BCUT2D eigenvalue weighted by atomic mass is 10.1. The summed E-state index contributed by atoms with van der Waals surface area (Å²) in [6.07, 6.45) is 0. The number of rotatable bonds is 5. The topological polar surface area (TPSA) is 80.1 Å². The van der Waals surface area contributed by atoms with Crippen LogP contribution in [0.1, 0.15) is 5.56 Å². The molecule has 1 N–H and O–H groups in total. The molecular weight excluding hydrogens is 410 g/mol. The summed E-state index contributed by atoms with van der Waals surface area (Å²) in [6, 6.07) is 15.0. The Hall–Kier alpha value is -2.84.